The number of aromatic amines is 1. The maximum atomic E-state index is 12.1. The van der Waals surface area contributed by atoms with Crippen molar-refractivity contribution >= 4 is 5.91 Å². The van der Waals surface area contributed by atoms with Gasteiger partial charge in [-0.2, -0.15) is 0 Å². The number of aromatic nitrogens is 1. The minimum atomic E-state index is -0.294. The number of aryl methyl sites for hydroxylation is 2. The molecule has 0 unspecified atom stereocenters. The lowest BCUT2D eigenvalue weighted by Crippen LogP contribution is -2.37. The van der Waals surface area contributed by atoms with Gasteiger partial charge in [-0.3, -0.25) is 9.59 Å². The fourth-order valence-electron chi connectivity index (χ4n) is 2.17. The molecular weight excluding hydrogens is 240 g/mol. The SMILES string of the molecule is CCc1cc(C(=O)NC(CC)CC)c(=O)[nH]c1CC. The molecule has 0 atom stereocenters. The van der Waals surface area contributed by atoms with Crippen LogP contribution in [0.15, 0.2) is 10.9 Å². The molecule has 0 aliphatic heterocycles. The Morgan fingerprint density at radius 3 is 2.32 bits per heavy atom. The van der Waals surface area contributed by atoms with Crippen LogP contribution >= 0.6 is 0 Å². The van der Waals surface area contributed by atoms with Crippen molar-refractivity contribution in [3.8, 4) is 0 Å². The molecule has 4 nitrogen and oxygen atoms in total. The maximum Gasteiger partial charge on any atom is 0.261 e. The third-order valence-electron chi connectivity index (χ3n) is 3.52. The van der Waals surface area contributed by atoms with Crippen LogP contribution in [-0.2, 0) is 12.8 Å². The highest BCUT2D eigenvalue weighted by molar-refractivity contribution is 5.94. The minimum absolute atomic E-state index is 0.128. The highest BCUT2D eigenvalue weighted by atomic mass is 16.2. The van der Waals surface area contributed by atoms with E-state index in [4.69, 9.17) is 0 Å². The monoisotopic (exact) mass is 264 g/mol. The number of amides is 1. The summed E-state index contributed by atoms with van der Waals surface area (Å²) in [4.78, 5) is 26.9. The summed E-state index contributed by atoms with van der Waals surface area (Å²) in [6.07, 6.45) is 3.32. The van der Waals surface area contributed by atoms with Crippen LogP contribution in [0.4, 0.5) is 0 Å². The number of hydrogen-bond donors (Lipinski definition) is 2. The summed E-state index contributed by atoms with van der Waals surface area (Å²) in [5.74, 6) is -0.271. The molecule has 19 heavy (non-hydrogen) atoms. The fourth-order valence-corrected chi connectivity index (χ4v) is 2.17. The minimum Gasteiger partial charge on any atom is -0.349 e. The number of carbonyl (C=O) groups is 1. The van der Waals surface area contributed by atoms with Crippen molar-refractivity contribution in [3.63, 3.8) is 0 Å². The highest BCUT2D eigenvalue weighted by Gasteiger charge is 2.16. The molecule has 4 heteroatoms. The quantitative estimate of drug-likeness (QED) is 0.829. The van der Waals surface area contributed by atoms with Gasteiger partial charge < -0.3 is 10.3 Å². The Kier molecular flexibility index (Phi) is 5.80. The number of hydrogen-bond acceptors (Lipinski definition) is 2. The van der Waals surface area contributed by atoms with Crippen LogP contribution in [0.25, 0.3) is 0 Å². The molecule has 2 N–H and O–H groups in total. The van der Waals surface area contributed by atoms with Crippen LogP contribution in [0.1, 0.15) is 62.2 Å². The lowest BCUT2D eigenvalue weighted by Gasteiger charge is -2.15. The largest absolute Gasteiger partial charge is 0.349 e. The van der Waals surface area contributed by atoms with Crippen molar-refractivity contribution in [1.29, 1.82) is 0 Å². The Morgan fingerprint density at radius 2 is 1.84 bits per heavy atom. The van der Waals surface area contributed by atoms with E-state index in [0.717, 1.165) is 36.9 Å². The highest BCUT2D eigenvalue weighted by Crippen LogP contribution is 2.08. The Balaban J connectivity index is 3.06. The zero-order valence-electron chi connectivity index (χ0n) is 12.3. The van der Waals surface area contributed by atoms with Gasteiger partial charge >= 0.3 is 0 Å². The maximum absolute atomic E-state index is 12.1. The molecule has 1 aromatic rings. The van der Waals surface area contributed by atoms with Gasteiger partial charge in [0.2, 0.25) is 0 Å². The van der Waals surface area contributed by atoms with Crippen LogP contribution in [0.2, 0.25) is 0 Å². The summed E-state index contributed by atoms with van der Waals surface area (Å²) >= 11 is 0. The third kappa shape index (κ3) is 3.69. The summed E-state index contributed by atoms with van der Waals surface area (Å²) < 4.78 is 0. The number of nitrogens with one attached hydrogen (secondary N) is 2. The second-order valence-electron chi connectivity index (χ2n) is 4.71. The average Bonchev–Trinajstić information content (AvgIpc) is 2.43. The van der Waals surface area contributed by atoms with E-state index in [1.807, 2.05) is 27.7 Å². The molecular formula is C15H24N2O2. The van der Waals surface area contributed by atoms with Gasteiger partial charge in [0.15, 0.2) is 0 Å². The topological polar surface area (TPSA) is 62.0 Å². The summed E-state index contributed by atoms with van der Waals surface area (Å²) in [6.45, 7) is 8.07. The van der Waals surface area contributed by atoms with Crippen molar-refractivity contribution in [1.82, 2.24) is 10.3 Å². The van der Waals surface area contributed by atoms with Crippen LogP contribution in [0.3, 0.4) is 0 Å². The molecule has 0 saturated heterocycles. The Morgan fingerprint density at radius 1 is 1.21 bits per heavy atom. The smallest absolute Gasteiger partial charge is 0.261 e. The van der Waals surface area contributed by atoms with E-state index < -0.39 is 0 Å². The summed E-state index contributed by atoms with van der Waals surface area (Å²) in [6, 6.07) is 1.86. The molecule has 106 valence electrons. The van der Waals surface area contributed by atoms with Gasteiger partial charge in [-0.05, 0) is 37.3 Å². The fraction of sp³-hybridized carbons (Fsp3) is 0.600. The zero-order chi connectivity index (χ0) is 14.4. The second kappa shape index (κ2) is 7.12. The first-order valence-electron chi connectivity index (χ1n) is 7.13. The van der Waals surface area contributed by atoms with E-state index in [0.29, 0.717) is 0 Å². The van der Waals surface area contributed by atoms with Crippen LogP contribution < -0.4 is 10.9 Å². The lowest BCUT2D eigenvalue weighted by molar-refractivity contribution is 0.0933. The average molecular weight is 264 g/mol. The van der Waals surface area contributed by atoms with Gasteiger partial charge in [-0.1, -0.05) is 27.7 Å². The van der Waals surface area contributed by atoms with Crippen molar-refractivity contribution in [2.45, 2.75) is 59.4 Å². The predicted octanol–water partition coefficient (Wildman–Crippen LogP) is 2.42. The van der Waals surface area contributed by atoms with E-state index in [2.05, 4.69) is 10.3 Å². The van der Waals surface area contributed by atoms with Crippen molar-refractivity contribution in [3.05, 3.63) is 33.2 Å². The summed E-state index contributed by atoms with van der Waals surface area (Å²) in [5, 5.41) is 2.90. The Labute approximate surface area is 114 Å². The van der Waals surface area contributed by atoms with E-state index in [9.17, 15) is 9.59 Å². The molecule has 0 saturated carbocycles. The zero-order valence-corrected chi connectivity index (χ0v) is 12.3. The number of rotatable bonds is 6. The summed E-state index contributed by atoms with van der Waals surface area (Å²) in [7, 11) is 0. The van der Waals surface area contributed by atoms with Crippen molar-refractivity contribution < 1.29 is 4.79 Å². The number of pyridine rings is 1. The van der Waals surface area contributed by atoms with Gasteiger partial charge in [0.05, 0.1) is 0 Å². The van der Waals surface area contributed by atoms with E-state index in [1.165, 1.54) is 0 Å². The summed E-state index contributed by atoms with van der Waals surface area (Å²) in [5.41, 5.74) is 1.89. The van der Waals surface area contributed by atoms with Gasteiger partial charge in [0.25, 0.3) is 11.5 Å². The third-order valence-corrected chi connectivity index (χ3v) is 3.52. The Bertz CT molecular complexity index is 487. The molecule has 0 radical (unpaired) electrons. The normalized spacial score (nSPS) is 10.8. The van der Waals surface area contributed by atoms with Gasteiger partial charge in [0.1, 0.15) is 5.56 Å². The van der Waals surface area contributed by atoms with Gasteiger partial charge in [-0.25, -0.2) is 0 Å². The van der Waals surface area contributed by atoms with E-state index in [-0.39, 0.29) is 23.1 Å². The molecule has 0 bridgehead atoms. The van der Waals surface area contributed by atoms with Crippen molar-refractivity contribution in [2.75, 3.05) is 0 Å². The molecule has 0 aliphatic rings. The molecule has 0 spiro atoms. The first-order valence-corrected chi connectivity index (χ1v) is 7.13. The standard InChI is InChI=1S/C15H24N2O2/c1-5-10-9-12(15(19)17-13(10)8-4)14(18)16-11(6-2)7-3/h9,11H,5-8H2,1-4H3,(H,16,18)(H,17,19). The molecule has 1 aromatic heterocycles. The lowest BCUT2D eigenvalue weighted by atomic mass is 10.1. The number of carbonyl (C=O) groups excluding carboxylic acids is 1. The molecule has 0 aromatic carbocycles. The van der Waals surface area contributed by atoms with E-state index >= 15 is 0 Å². The Hall–Kier alpha value is -1.58. The van der Waals surface area contributed by atoms with Crippen molar-refractivity contribution in [2.24, 2.45) is 0 Å². The molecule has 0 aliphatic carbocycles. The number of H-pyrrole nitrogens is 1. The molecule has 1 rings (SSSR count). The van der Waals surface area contributed by atoms with Gasteiger partial charge in [0, 0.05) is 11.7 Å². The predicted molar refractivity (Wildman–Crippen MR) is 77.7 cm³/mol. The van der Waals surface area contributed by atoms with Crippen LogP contribution in [0.5, 0.6) is 0 Å². The van der Waals surface area contributed by atoms with Gasteiger partial charge in [-0.15, -0.1) is 0 Å². The molecule has 1 heterocycles. The first kappa shape index (κ1) is 15.5. The molecule has 0 fully saturated rings. The van der Waals surface area contributed by atoms with Crippen LogP contribution in [-0.4, -0.2) is 16.9 Å². The second-order valence-corrected chi connectivity index (χ2v) is 4.71. The first-order chi connectivity index (χ1) is 9.07. The van der Waals surface area contributed by atoms with E-state index in [1.54, 1.807) is 6.07 Å². The molecule has 1 amide bonds. The van der Waals surface area contributed by atoms with Crippen LogP contribution in [0, 0.1) is 0 Å².